The van der Waals surface area contributed by atoms with E-state index >= 15 is 0 Å². The summed E-state index contributed by atoms with van der Waals surface area (Å²) in [6.07, 6.45) is -17.1. The van der Waals surface area contributed by atoms with Gasteiger partial charge in [0, 0.05) is 71.5 Å². The first kappa shape index (κ1) is 70.0. The third-order valence-electron chi connectivity index (χ3n) is 22.2. The van der Waals surface area contributed by atoms with Crippen LogP contribution in [0.1, 0.15) is 112 Å². The molecule has 5 aliphatic heterocycles. The van der Waals surface area contributed by atoms with Crippen molar-refractivity contribution in [2.75, 3.05) is 35.0 Å². The van der Waals surface area contributed by atoms with E-state index in [1.54, 1.807) is 47.1 Å². The van der Waals surface area contributed by atoms with Crippen molar-refractivity contribution in [3.63, 3.8) is 0 Å². The lowest BCUT2D eigenvalue weighted by molar-refractivity contribution is -0.374. The summed E-state index contributed by atoms with van der Waals surface area (Å²) in [7, 11) is 6.04. The number of hydrogen-bond acceptors (Lipinski definition) is 26. The quantitative estimate of drug-likeness (QED) is 0.0520. The summed E-state index contributed by atoms with van der Waals surface area (Å²) in [5.74, 6) is -1.61. The predicted octanol–water partition coefficient (Wildman–Crippen LogP) is 0.793. The van der Waals surface area contributed by atoms with Crippen molar-refractivity contribution in [2.24, 2.45) is 16.7 Å². The number of methoxy groups -OCH3 is 4. The molecule has 4 aliphatic carbocycles. The van der Waals surface area contributed by atoms with Crippen molar-refractivity contribution in [3.05, 3.63) is 54.1 Å². The smallest absolute Gasteiger partial charge is 0.331 e. The van der Waals surface area contributed by atoms with Crippen molar-refractivity contribution >= 4 is 12.0 Å². The topological polar surface area (TPSA) is 358 Å². The van der Waals surface area contributed by atoms with Crippen LogP contribution in [0.25, 0.3) is 6.08 Å². The van der Waals surface area contributed by atoms with Gasteiger partial charge in [-0.1, -0.05) is 56.3 Å². The molecule has 3 saturated carbocycles. The minimum absolute atomic E-state index is 0.0446. The molecule has 8 fully saturated rings. The Labute approximate surface area is 525 Å². The van der Waals surface area contributed by atoms with E-state index in [1.165, 1.54) is 33.3 Å². The molecule has 0 bridgehead atoms. The highest BCUT2D eigenvalue weighted by Gasteiger charge is 2.82. The predicted molar refractivity (Wildman–Crippen MR) is 312 cm³/mol. The molecule has 510 valence electrons. The second-order valence-corrected chi connectivity index (χ2v) is 27.0. The maximum Gasteiger partial charge on any atom is 0.331 e. The summed E-state index contributed by atoms with van der Waals surface area (Å²) in [5, 5.41) is 115. The Balaban J connectivity index is 0.736. The van der Waals surface area contributed by atoms with Crippen molar-refractivity contribution in [2.45, 2.75) is 282 Å². The summed E-state index contributed by atoms with van der Waals surface area (Å²) in [6, 6.07) is 9.18. The zero-order valence-corrected chi connectivity index (χ0v) is 53.3. The number of rotatable bonds is 19. The number of carbonyl (C=O) groups is 1. The van der Waals surface area contributed by atoms with Gasteiger partial charge in [-0.05, 0) is 78.4 Å². The van der Waals surface area contributed by atoms with E-state index in [9.17, 15) is 55.9 Å². The second-order valence-electron chi connectivity index (χ2n) is 27.0. The number of aliphatic hydroxyl groups excluding tert-OH is 6. The van der Waals surface area contributed by atoms with E-state index < -0.39 is 205 Å². The lowest BCUT2D eigenvalue weighted by atomic mass is 9.41. The van der Waals surface area contributed by atoms with Gasteiger partial charge in [-0.2, -0.15) is 0 Å². The van der Waals surface area contributed by atoms with Crippen LogP contribution in [-0.4, -0.2) is 268 Å². The van der Waals surface area contributed by atoms with Gasteiger partial charge in [-0.25, -0.2) is 4.79 Å². The summed E-state index contributed by atoms with van der Waals surface area (Å²) in [6.45, 7) is 11.3. The molecular formula is C64H98O26. The molecule has 5 heterocycles. The van der Waals surface area contributed by atoms with Crippen molar-refractivity contribution < 1.29 is 127 Å². The molecule has 10 rings (SSSR count). The Kier molecular flexibility index (Phi) is 21.3. The number of fused-ring (bicyclic) bond motifs is 5. The number of carbonyl (C=O) groups excluding carboxylic acids is 1. The van der Waals surface area contributed by atoms with Gasteiger partial charge >= 0.3 is 5.97 Å². The number of aliphatic hydroxyl groups is 10. The molecule has 0 amide bonds. The lowest BCUT2D eigenvalue weighted by Crippen LogP contribution is -2.80. The first-order chi connectivity index (χ1) is 42.6. The van der Waals surface area contributed by atoms with Gasteiger partial charge in [0.15, 0.2) is 31.5 Å². The molecule has 5 saturated heterocycles. The third-order valence-corrected chi connectivity index (χ3v) is 22.2. The fourth-order valence-corrected chi connectivity index (χ4v) is 16.7. The normalized spacial score (nSPS) is 50.8. The van der Waals surface area contributed by atoms with Gasteiger partial charge in [-0.3, -0.25) is 0 Å². The molecule has 32 atom stereocenters. The molecule has 9 aliphatic rings. The van der Waals surface area contributed by atoms with Crippen LogP contribution in [0.2, 0.25) is 0 Å². The van der Waals surface area contributed by atoms with Gasteiger partial charge < -0.3 is 122 Å². The molecule has 1 aromatic carbocycles. The first-order valence-corrected chi connectivity index (χ1v) is 31.8. The Morgan fingerprint density at radius 2 is 1.16 bits per heavy atom. The monoisotopic (exact) mass is 1280 g/mol. The Hall–Kier alpha value is -2.79. The number of hydrogen-bond donors (Lipinski definition) is 10. The van der Waals surface area contributed by atoms with E-state index in [2.05, 4.69) is 0 Å². The largest absolute Gasteiger partial charge is 0.458 e. The second kappa shape index (κ2) is 27.4. The zero-order valence-electron chi connectivity index (χ0n) is 53.3. The van der Waals surface area contributed by atoms with Crippen LogP contribution in [-0.2, 0) is 75.8 Å². The van der Waals surface area contributed by atoms with E-state index in [1.807, 2.05) is 51.1 Å². The zero-order chi connectivity index (χ0) is 65.2. The van der Waals surface area contributed by atoms with E-state index in [4.69, 9.17) is 71.1 Å². The number of esters is 1. The molecule has 26 nitrogen and oxygen atoms in total. The van der Waals surface area contributed by atoms with Crippen LogP contribution in [0.15, 0.2) is 48.6 Å². The van der Waals surface area contributed by atoms with Crippen molar-refractivity contribution in [3.8, 4) is 0 Å². The van der Waals surface area contributed by atoms with Gasteiger partial charge in [-0.15, -0.1) is 0 Å². The molecule has 10 N–H and O–H groups in total. The lowest BCUT2D eigenvalue weighted by Gasteiger charge is -2.68. The Bertz CT molecular complexity index is 2620. The fourth-order valence-electron chi connectivity index (χ4n) is 16.7. The van der Waals surface area contributed by atoms with Gasteiger partial charge in [0.1, 0.15) is 83.9 Å². The molecule has 90 heavy (non-hydrogen) atoms. The van der Waals surface area contributed by atoms with Crippen LogP contribution in [0.5, 0.6) is 0 Å². The van der Waals surface area contributed by atoms with Crippen LogP contribution in [0.4, 0.5) is 0 Å². The minimum atomic E-state index is -2.11. The maximum atomic E-state index is 13.7. The average Bonchev–Trinajstić information content (AvgIpc) is 1.33. The van der Waals surface area contributed by atoms with Crippen molar-refractivity contribution in [1.29, 1.82) is 0 Å². The first-order valence-electron chi connectivity index (χ1n) is 31.8. The standard InChI is InChI=1S/C64H98O26/c1-31-52(87-46-26-39(77-9)53(32(2)81-46)88-47-27-40(78-10)54(33(3)82-47)89-58-51(71)56(79-11)55(34(4)83-58)90-57-50(70)49(69)48(68)41(30-65)85-57)38(76-8)25-45(80-31)84-37-19-20-59(6)42-28-43(86-44(67)18-17-36-15-13-12-14-16-36)60(7)62(73,35(5)66)23-24-64(60,75)63(42,74)22-21-61(59,72)29-37/h12-18,21-22,31-35,37-43,45-58,65-66,68-75H,19-20,23-30H2,1-11H3/b18-17+/t31-,32-,33-,34-,35+,37+,38+,39+,40-,41-,42-,43-,45+,46+,47+,48-,49+,50-,51-,52-,53-,54-,55-,56+,57+,58+,59-,60-,61-,62-,63+,64-/m1/s1. The molecule has 0 unspecified atom stereocenters. The van der Waals surface area contributed by atoms with E-state index in [0.717, 1.165) is 5.56 Å². The SMILES string of the molecule is CO[C@H]1[C@@H](O)[C@H](O[C@@H]2[C@@H](C)O[C@@H](O[C@H]3[C@@H](OC)C[C@H](O[C@H]4[C@@H](OC)C[C@H](O[C@H]5CC[C@]6(C)[C@H]7C[C@@H](OC(=O)/C=C/c8ccccc8)[C@@]8(C)[C@](O)(CC[C@@]8(O)[C@H](C)O)[C@]7(O)C=C[C@@]6(O)C5)O[C@@H]4C)O[C@@H]3C)C[C@H]2OC)O[C@H](C)[C@H]1O[C@@H]1O[C@H](CO)[C@@H](O)[C@H](O)[C@H]1O. The summed E-state index contributed by atoms with van der Waals surface area (Å²) in [5.41, 5.74) is -9.76. The highest BCUT2D eigenvalue weighted by molar-refractivity contribution is 5.87. The van der Waals surface area contributed by atoms with Gasteiger partial charge in [0.2, 0.25) is 0 Å². The van der Waals surface area contributed by atoms with Gasteiger partial charge in [0.25, 0.3) is 0 Å². The number of benzene rings is 1. The van der Waals surface area contributed by atoms with Crippen LogP contribution in [0.3, 0.4) is 0 Å². The molecular weight excluding hydrogens is 1180 g/mol. The van der Waals surface area contributed by atoms with Crippen molar-refractivity contribution in [1.82, 2.24) is 0 Å². The van der Waals surface area contributed by atoms with Gasteiger partial charge in [0.05, 0.1) is 72.6 Å². The number of ether oxygens (including phenoxy) is 15. The highest BCUT2D eigenvalue weighted by atomic mass is 16.8. The highest BCUT2D eigenvalue weighted by Crippen LogP contribution is 2.71. The van der Waals surface area contributed by atoms with E-state index in [-0.39, 0.29) is 44.9 Å². The summed E-state index contributed by atoms with van der Waals surface area (Å²) < 4.78 is 93.4. The third kappa shape index (κ3) is 12.3. The summed E-state index contributed by atoms with van der Waals surface area (Å²) in [4.78, 5) is 13.7. The molecule has 0 radical (unpaired) electrons. The Morgan fingerprint density at radius 1 is 0.622 bits per heavy atom. The Morgan fingerprint density at radius 3 is 1.70 bits per heavy atom. The van der Waals surface area contributed by atoms with Crippen LogP contribution in [0, 0.1) is 16.7 Å². The summed E-state index contributed by atoms with van der Waals surface area (Å²) >= 11 is 0. The molecule has 26 heteroatoms. The molecule has 0 spiro atoms. The van der Waals surface area contributed by atoms with E-state index in [0.29, 0.717) is 12.8 Å². The average molecular weight is 1280 g/mol. The minimum Gasteiger partial charge on any atom is -0.458 e. The maximum absolute atomic E-state index is 13.7. The fraction of sp³-hybridized carbons (Fsp3) is 0.828. The van der Waals surface area contributed by atoms with Crippen LogP contribution < -0.4 is 0 Å². The van der Waals surface area contributed by atoms with Crippen LogP contribution >= 0.6 is 0 Å². The molecule has 0 aromatic heterocycles. The molecule has 1 aromatic rings.